The summed E-state index contributed by atoms with van der Waals surface area (Å²) in [4.78, 5) is 16.2. The Morgan fingerprint density at radius 2 is 1.95 bits per heavy atom. The topological polar surface area (TPSA) is 66.6 Å². The minimum Gasteiger partial charge on any atom is -0.399 e. The standard InChI is InChI=1S/C13H19N3O2S/c1-15(2)12-4-3-10(14)9-11(12)13(17)16-5-7-19(18)8-6-16/h3-4,9H,5-8,14H2,1-2H3. The smallest absolute Gasteiger partial charge is 0.256 e. The van der Waals surface area contributed by atoms with Crippen LogP contribution in [0.2, 0.25) is 0 Å². The van der Waals surface area contributed by atoms with Gasteiger partial charge in [0.25, 0.3) is 5.91 Å². The van der Waals surface area contributed by atoms with Gasteiger partial charge in [0.1, 0.15) is 0 Å². The number of hydrogen-bond donors (Lipinski definition) is 1. The molecular formula is C13H19N3O2S. The van der Waals surface area contributed by atoms with E-state index in [9.17, 15) is 9.00 Å². The van der Waals surface area contributed by atoms with E-state index in [0.717, 1.165) is 5.69 Å². The molecule has 0 unspecified atom stereocenters. The summed E-state index contributed by atoms with van der Waals surface area (Å²) in [7, 11) is 3.01. The van der Waals surface area contributed by atoms with Gasteiger partial charge in [-0.1, -0.05) is 0 Å². The number of anilines is 2. The number of benzene rings is 1. The van der Waals surface area contributed by atoms with E-state index in [1.54, 1.807) is 17.0 Å². The van der Waals surface area contributed by atoms with Crippen molar-refractivity contribution in [2.24, 2.45) is 0 Å². The molecule has 1 aliphatic rings. The summed E-state index contributed by atoms with van der Waals surface area (Å²) >= 11 is 0. The largest absolute Gasteiger partial charge is 0.399 e. The van der Waals surface area contributed by atoms with Gasteiger partial charge in [0.05, 0.1) is 5.56 Å². The van der Waals surface area contributed by atoms with E-state index < -0.39 is 10.8 Å². The fourth-order valence-corrected chi connectivity index (χ4v) is 3.18. The molecule has 0 aliphatic carbocycles. The third kappa shape index (κ3) is 3.07. The highest BCUT2D eigenvalue weighted by Crippen LogP contribution is 2.23. The summed E-state index contributed by atoms with van der Waals surface area (Å²) < 4.78 is 11.3. The Kier molecular flexibility index (Phi) is 4.09. The molecule has 6 heteroatoms. The highest BCUT2D eigenvalue weighted by Gasteiger charge is 2.23. The molecule has 1 fully saturated rings. The number of carbonyl (C=O) groups is 1. The summed E-state index contributed by atoms with van der Waals surface area (Å²) in [5, 5.41) is 0. The molecule has 1 heterocycles. The Labute approximate surface area is 115 Å². The van der Waals surface area contributed by atoms with Crippen molar-refractivity contribution in [2.75, 3.05) is 49.3 Å². The van der Waals surface area contributed by atoms with Gasteiger partial charge in [-0.2, -0.15) is 0 Å². The first-order valence-electron chi connectivity index (χ1n) is 6.20. The van der Waals surface area contributed by atoms with Crippen LogP contribution in [-0.4, -0.2) is 53.7 Å². The molecule has 0 radical (unpaired) electrons. The predicted octanol–water partition coefficient (Wildman–Crippen LogP) is 0.539. The molecule has 0 spiro atoms. The molecule has 0 atom stereocenters. The first kappa shape index (κ1) is 13.9. The molecule has 1 aliphatic heterocycles. The van der Waals surface area contributed by atoms with Gasteiger partial charge in [0, 0.05) is 60.9 Å². The van der Waals surface area contributed by atoms with Crippen molar-refractivity contribution in [1.29, 1.82) is 0 Å². The van der Waals surface area contributed by atoms with Gasteiger partial charge in [0.15, 0.2) is 0 Å². The van der Waals surface area contributed by atoms with E-state index in [4.69, 9.17) is 5.73 Å². The minimum atomic E-state index is -0.781. The predicted molar refractivity (Wildman–Crippen MR) is 79.0 cm³/mol. The lowest BCUT2D eigenvalue weighted by Crippen LogP contribution is -2.42. The summed E-state index contributed by atoms with van der Waals surface area (Å²) in [6.07, 6.45) is 0. The molecule has 1 saturated heterocycles. The summed E-state index contributed by atoms with van der Waals surface area (Å²) in [5.41, 5.74) is 7.82. The fraction of sp³-hybridized carbons (Fsp3) is 0.462. The average Bonchev–Trinajstić information content (AvgIpc) is 2.38. The molecule has 104 valence electrons. The van der Waals surface area contributed by atoms with Crippen LogP contribution in [-0.2, 0) is 10.8 Å². The molecule has 2 N–H and O–H groups in total. The van der Waals surface area contributed by atoms with E-state index in [1.807, 2.05) is 25.1 Å². The number of rotatable bonds is 2. The van der Waals surface area contributed by atoms with Crippen LogP contribution >= 0.6 is 0 Å². The number of hydrogen-bond acceptors (Lipinski definition) is 4. The second-order valence-corrected chi connectivity index (χ2v) is 6.51. The maximum absolute atomic E-state index is 12.5. The van der Waals surface area contributed by atoms with Crippen molar-refractivity contribution < 1.29 is 9.00 Å². The first-order valence-corrected chi connectivity index (χ1v) is 7.69. The zero-order valence-corrected chi connectivity index (χ0v) is 12.1. The zero-order valence-electron chi connectivity index (χ0n) is 11.3. The van der Waals surface area contributed by atoms with Crippen LogP contribution in [0.3, 0.4) is 0 Å². The van der Waals surface area contributed by atoms with Gasteiger partial charge in [0.2, 0.25) is 0 Å². The Balaban J connectivity index is 2.27. The Hall–Kier alpha value is -1.56. The van der Waals surface area contributed by atoms with Crippen LogP contribution in [0, 0.1) is 0 Å². The van der Waals surface area contributed by atoms with Gasteiger partial charge < -0.3 is 15.5 Å². The van der Waals surface area contributed by atoms with Crippen LogP contribution in [0.25, 0.3) is 0 Å². The summed E-state index contributed by atoms with van der Waals surface area (Å²) in [6, 6.07) is 5.35. The molecule has 0 aromatic heterocycles. The molecule has 5 nitrogen and oxygen atoms in total. The van der Waals surface area contributed by atoms with Crippen molar-refractivity contribution >= 4 is 28.1 Å². The lowest BCUT2D eigenvalue weighted by atomic mass is 10.1. The van der Waals surface area contributed by atoms with Crippen molar-refractivity contribution in [3.05, 3.63) is 23.8 Å². The molecule has 1 amide bonds. The SMILES string of the molecule is CN(C)c1ccc(N)cc1C(=O)N1CCS(=O)CC1. The van der Waals surface area contributed by atoms with Crippen LogP contribution in [0.1, 0.15) is 10.4 Å². The average molecular weight is 281 g/mol. The third-order valence-electron chi connectivity index (χ3n) is 3.20. The second-order valence-electron chi connectivity index (χ2n) is 4.81. The van der Waals surface area contributed by atoms with Crippen LogP contribution < -0.4 is 10.6 Å². The van der Waals surface area contributed by atoms with E-state index >= 15 is 0 Å². The Bertz CT molecular complexity index is 507. The quantitative estimate of drug-likeness (QED) is 0.804. The number of amides is 1. The van der Waals surface area contributed by atoms with Crippen LogP contribution in [0.5, 0.6) is 0 Å². The minimum absolute atomic E-state index is 0.0345. The normalized spacial score (nSPS) is 16.4. The zero-order chi connectivity index (χ0) is 14.0. The van der Waals surface area contributed by atoms with E-state index in [1.165, 1.54) is 0 Å². The van der Waals surface area contributed by atoms with Gasteiger partial charge in [-0.05, 0) is 18.2 Å². The molecule has 2 rings (SSSR count). The molecule has 0 bridgehead atoms. The van der Waals surface area contributed by atoms with Gasteiger partial charge in [-0.3, -0.25) is 9.00 Å². The van der Waals surface area contributed by atoms with Gasteiger partial charge >= 0.3 is 0 Å². The lowest BCUT2D eigenvalue weighted by molar-refractivity contribution is 0.0772. The lowest BCUT2D eigenvalue weighted by Gasteiger charge is -2.28. The van der Waals surface area contributed by atoms with E-state index in [2.05, 4.69) is 0 Å². The van der Waals surface area contributed by atoms with Crippen molar-refractivity contribution in [3.8, 4) is 0 Å². The highest BCUT2D eigenvalue weighted by atomic mass is 32.2. The van der Waals surface area contributed by atoms with Gasteiger partial charge in [-0.25, -0.2) is 0 Å². The molecule has 19 heavy (non-hydrogen) atoms. The van der Waals surface area contributed by atoms with Crippen molar-refractivity contribution in [1.82, 2.24) is 4.90 Å². The van der Waals surface area contributed by atoms with Crippen molar-refractivity contribution in [3.63, 3.8) is 0 Å². The highest BCUT2D eigenvalue weighted by molar-refractivity contribution is 7.85. The van der Waals surface area contributed by atoms with E-state index in [0.29, 0.717) is 35.8 Å². The Morgan fingerprint density at radius 1 is 1.32 bits per heavy atom. The van der Waals surface area contributed by atoms with Crippen molar-refractivity contribution in [2.45, 2.75) is 0 Å². The second kappa shape index (κ2) is 5.61. The number of nitrogen functional groups attached to an aromatic ring is 1. The van der Waals surface area contributed by atoms with E-state index in [-0.39, 0.29) is 5.91 Å². The number of nitrogens with two attached hydrogens (primary N) is 1. The Morgan fingerprint density at radius 3 is 2.53 bits per heavy atom. The van der Waals surface area contributed by atoms with Crippen LogP contribution in [0.4, 0.5) is 11.4 Å². The molecule has 1 aromatic rings. The fourth-order valence-electron chi connectivity index (χ4n) is 2.13. The third-order valence-corrected chi connectivity index (χ3v) is 4.47. The monoisotopic (exact) mass is 281 g/mol. The number of carbonyl (C=O) groups excluding carboxylic acids is 1. The maximum atomic E-state index is 12.5. The van der Waals surface area contributed by atoms with Gasteiger partial charge in [-0.15, -0.1) is 0 Å². The number of nitrogens with zero attached hydrogens (tertiary/aromatic N) is 2. The van der Waals surface area contributed by atoms with Crippen LogP contribution in [0.15, 0.2) is 18.2 Å². The summed E-state index contributed by atoms with van der Waals surface area (Å²) in [6.45, 7) is 1.10. The maximum Gasteiger partial charge on any atom is 0.256 e. The molecular weight excluding hydrogens is 262 g/mol. The summed E-state index contributed by atoms with van der Waals surface area (Å²) in [5.74, 6) is 1.09. The first-order chi connectivity index (χ1) is 8.99. The molecule has 1 aromatic carbocycles. The molecule has 0 saturated carbocycles.